The predicted molar refractivity (Wildman–Crippen MR) is 103 cm³/mol. The molecule has 0 aromatic heterocycles. The number of anilines is 1. The molecule has 1 aliphatic rings. The van der Waals surface area contributed by atoms with Gasteiger partial charge in [-0.3, -0.25) is 30.4 Å². The van der Waals surface area contributed by atoms with Gasteiger partial charge < -0.3 is 9.64 Å². The van der Waals surface area contributed by atoms with Crippen molar-refractivity contribution in [1.82, 2.24) is 10.4 Å². The molecule has 1 aliphatic heterocycles. The Kier molecular flexibility index (Phi) is 8.18. The van der Waals surface area contributed by atoms with Gasteiger partial charge in [0.1, 0.15) is 5.56 Å². The first-order valence-corrected chi connectivity index (χ1v) is 9.44. The third-order valence-electron chi connectivity index (χ3n) is 4.05. The second-order valence-electron chi connectivity index (χ2n) is 5.75. The van der Waals surface area contributed by atoms with Crippen molar-refractivity contribution in [3.63, 3.8) is 0 Å². The van der Waals surface area contributed by atoms with Gasteiger partial charge in [-0.1, -0.05) is 0 Å². The Morgan fingerprint density at radius 1 is 1.14 bits per heavy atom. The highest BCUT2D eigenvalue weighted by molar-refractivity contribution is 6.18. The second-order valence-corrected chi connectivity index (χ2v) is 6.50. The minimum absolute atomic E-state index is 0.0649. The van der Waals surface area contributed by atoms with Crippen LogP contribution in [0, 0.1) is 20.2 Å². The summed E-state index contributed by atoms with van der Waals surface area (Å²) >= 11 is 11.5. The number of hydrazine groups is 1. The van der Waals surface area contributed by atoms with E-state index in [0.29, 0.717) is 26.3 Å². The van der Waals surface area contributed by atoms with Crippen molar-refractivity contribution >= 4 is 46.2 Å². The van der Waals surface area contributed by atoms with Gasteiger partial charge in [-0.25, -0.2) is 5.01 Å². The van der Waals surface area contributed by atoms with Crippen molar-refractivity contribution in [3.05, 3.63) is 37.9 Å². The van der Waals surface area contributed by atoms with Gasteiger partial charge in [0, 0.05) is 44.0 Å². The van der Waals surface area contributed by atoms with Crippen LogP contribution in [0.5, 0.6) is 0 Å². The second kappa shape index (κ2) is 10.4. The van der Waals surface area contributed by atoms with Gasteiger partial charge in [-0.2, -0.15) is 0 Å². The number of nitro benzene ring substituents is 2. The van der Waals surface area contributed by atoms with E-state index in [0.717, 1.165) is 12.1 Å². The molecule has 0 bridgehead atoms. The Bertz CT molecular complexity index is 738. The van der Waals surface area contributed by atoms with Crippen LogP contribution in [0.1, 0.15) is 10.4 Å². The molecule has 1 aromatic rings. The minimum atomic E-state index is -0.800. The molecule has 1 N–H and O–H groups in total. The molecule has 1 fully saturated rings. The molecule has 1 amide bonds. The number of nitrogens with one attached hydrogen (secondary N) is 1. The fraction of sp³-hybridized carbons (Fsp3) is 0.533. The van der Waals surface area contributed by atoms with E-state index in [1.165, 1.54) is 4.90 Å². The highest BCUT2D eigenvalue weighted by Gasteiger charge is 2.35. The summed E-state index contributed by atoms with van der Waals surface area (Å²) in [6.07, 6.45) is 0. The molecule has 154 valence electrons. The predicted octanol–water partition coefficient (Wildman–Crippen LogP) is 1.76. The maximum absolute atomic E-state index is 12.7. The van der Waals surface area contributed by atoms with Crippen molar-refractivity contribution in [2.75, 3.05) is 56.1 Å². The highest BCUT2D eigenvalue weighted by atomic mass is 35.5. The van der Waals surface area contributed by atoms with Crippen LogP contribution in [0.4, 0.5) is 17.1 Å². The number of carbonyl (C=O) groups excluding carboxylic acids is 1. The lowest BCUT2D eigenvalue weighted by Crippen LogP contribution is -2.48. The first-order chi connectivity index (χ1) is 13.4. The lowest BCUT2D eigenvalue weighted by molar-refractivity contribution is -0.392. The number of amides is 1. The molecular weight excluding hydrogens is 417 g/mol. The topological polar surface area (TPSA) is 131 Å². The van der Waals surface area contributed by atoms with Gasteiger partial charge in [0.05, 0.1) is 23.1 Å². The summed E-state index contributed by atoms with van der Waals surface area (Å²) < 4.78 is 5.19. The largest absolute Gasteiger partial charge is 0.379 e. The Morgan fingerprint density at radius 2 is 1.75 bits per heavy atom. The van der Waals surface area contributed by atoms with Crippen LogP contribution >= 0.6 is 23.2 Å². The molecule has 0 atom stereocenters. The number of nitro groups is 2. The normalized spacial score (nSPS) is 14.5. The number of ether oxygens (including phenoxy) is 1. The van der Waals surface area contributed by atoms with Crippen LogP contribution in [0.3, 0.4) is 0 Å². The number of morpholine rings is 1. The Morgan fingerprint density at radius 3 is 2.25 bits per heavy atom. The van der Waals surface area contributed by atoms with Crippen LogP contribution in [-0.2, 0) is 4.74 Å². The van der Waals surface area contributed by atoms with E-state index in [-0.39, 0.29) is 36.1 Å². The Labute approximate surface area is 170 Å². The van der Waals surface area contributed by atoms with Gasteiger partial charge in [0.25, 0.3) is 11.6 Å². The van der Waals surface area contributed by atoms with E-state index < -0.39 is 27.1 Å². The molecule has 0 spiro atoms. The summed E-state index contributed by atoms with van der Waals surface area (Å²) in [6.45, 7) is 1.84. The zero-order valence-corrected chi connectivity index (χ0v) is 16.3. The summed E-state index contributed by atoms with van der Waals surface area (Å²) in [5.41, 5.74) is 0.854. The lowest BCUT2D eigenvalue weighted by atomic mass is 10.1. The molecule has 1 aromatic carbocycles. The molecular formula is C15H19Cl2N5O6. The first-order valence-electron chi connectivity index (χ1n) is 8.37. The third-order valence-corrected chi connectivity index (χ3v) is 4.39. The molecule has 0 unspecified atom stereocenters. The number of rotatable bonds is 9. The average Bonchev–Trinajstić information content (AvgIpc) is 2.67. The number of nitrogens with zero attached hydrogens (tertiary/aromatic N) is 4. The third kappa shape index (κ3) is 5.19. The number of hydrogen-bond donors (Lipinski definition) is 1. The monoisotopic (exact) mass is 435 g/mol. The zero-order chi connectivity index (χ0) is 20.7. The van der Waals surface area contributed by atoms with E-state index in [2.05, 4.69) is 5.43 Å². The number of alkyl halides is 2. The van der Waals surface area contributed by atoms with Crippen LogP contribution in [0.25, 0.3) is 0 Å². The van der Waals surface area contributed by atoms with Crippen LogP contribution in [-0.4, -0.2) is 71.9 Å². The average molecular weight is 436 g/mol. The summed E-state index contributed by atoms with van der Waals surface area (Å²) in [5.74, 6) is -0.605. The van der Waals surface area contributed by atoms with E-state index in [1.54, 1.807) is 5.01 Å². The Hall–Kier alpha value is -2.21. The van der Waals surface area contributed by atoms with E-state index in [4.69, 9.17) is 27.9 Å². The zero-order valence-electron chi connectivity index (χ0n) is 14.8. The van der Waals surface area contributed by atoms with Gasteiger partial charge in [0.15, 0.2) is 5.69 Å². The number of hydrogen-bond acceptors (Lipinski definition) is 8. The van der Waals surface area contributed by atoms with Crippen LogP contribution < -0.4 is 10.3 Å². The molecule has 1 heterocycles. The molecule has 28 heavy (non-hydrogen) atoms. The van der Waals surface area contributed by atoms with Gasteiger partial charge in [-0.15, -0.1) is 23.2 Å². The fourth-order valence-corrected chi connectivity index (χ4v) is 3.22. The van der Waals surface area contributed by atoms with Gasteiger partial charge in [0.2, 0.25) is 0 Å². The van der Waals surface area contributed by atoms with Crippen molar-refractivity contribution < 1.29 is 19.4 Å². The molecule has 13 heteroatoms. The smallest absolute Gasteiger partial charge is 0.312 e. The summed E-state index contributed by atoms with van der Waals surface area (Å²) in [6, 6.07) is 2.15. The molecule has 1 saturated heterocycles. The summed E-state index contributed by atoms with van der Waals surface area (Å²) in [5, 5.41) is 24.9. The van der Waals surface area contributed by atoms with Crippen molar-refractivity contribution in [3.8, 4) is 0 Å². The highest BCUT2D eigenvalue weighted by Crippen LogP contribution is 2.40. The van der Waals surface area contributed by atoms with Crippen molar-refractivity contribution in [2.45, 2.75) is 0 Å². The van der Waals surface area contributed by atoms with Gasteiger partial charge >= 0.3 is 5.69 Å². The minimum Gasteiger partial charge on any atom is -0.379 e. The first kappa shape index (κ1) is 22.1. The fourth-order valence-electron chi connectivity index (χ4n) is 2.81. The lowest BCUT2D eigenvalue weighted by Gasteiger charge is -2.27. The number of halogens is 2. The van der Waals surface area contributed by atoms with Gasteiger partial charge in [-0.05, 0) is 6.07 Å². The summed E-state index contributed by atoms with van der Waals surface area (Å²) in [7, 11) is 0. The van der Waals surface area contributed by atoms with Crippen LogP contribution in [0.2, 0.25) is 0 Å². The number of benzene rings is 1. The molecule has 0 aliphatic carbocycles. The van der Waals surface area contributed by atoms with E-state index in [9.17, 15) is 25.0 Å². The molecule has 0 saturated carbocycles. The van der Waals surface area contributed by atoms with Crippen molar-refractivity contribution in [2.24, 2.45) is 0 Å². The molecule has 2 rings (SSSR count). The maximum Gasteiger partial charge on any atom is 0.312 e. The van der Waals surface area contributed by atoms with E-state index >= 15 is 0 Å². The molecule has 0 radical (unpaired) electrons. The summed E-state index contributed by atoms with van der Waals surface area (Å²) in [4.78, 5) is 35.8. The SMILES string of the molecule is O=C(NN1CCOCC1)c1ccc([N+](=O)[O-])c(N(CCCl)CCCl)c1[N+](=O)[O-]. The Balaban J connectivity index is 2.53. The van der Waals surface area contributed by atoms with Crippen LogP contribution in [0.15, 0.2) is 12.1 Å². The standard InChI is InChI=1S/C15H19Cl2N5O6/c16-3-5-19(6-4-17)14-12(21(24)25)2-1-11(13(14)22(26)27)15(23)18-20-7-9-28-10-8-20/h1-2H,3-10H2,(H,18,23). The quantitative estimate of drug-likeness (QED) is 0.352. The maximum atomic E-state index is 12.7. The van der Waals surface area contributed by atoms with E-state index in [1.807, 2.05) is 0 Å². The van der Waals surface area contributed by atoms with Crippen molar-refractivity contribution in [1.29, 1.82) is 0 Å². The molecule has 11 nitrogen and oxygen atoms in total. The number of carbonyl (C=O) groups is 1.